The summed E-state index contributed by atoms with van der Waals surface area (Å²) in [6.07, 6.45) is 2.52. The summed E-state index contributed by atoms with van der Waals surface area (Å²) >= 11 is 8.29. The molecule has 106 valence electrons. The quantitative estimate of drug-likeness (QED) is 0.875. The summed E-state index contributed by atoms with van der Waals surface area (Å²) in [6.45, 7) is 2.93. The topological polar surface area (TPSA) is 29.3 Å². The molecule has 0 spiro atoms. The first-order chi connectivity index (χ1) is 9.65. The zero-order chi connectivity index (χ0) is 14.1. The number of thiophene rings is 1. The minimum absolute atomic E-state index is 0.0215. The highest BCUT2D eigenvalue weighted by atomic mass is 35.5. The van der Waals surface area contributed by atoms with Crippen LogP contribution < -0.4 is 10.6 Å². The minimum Gasteiger partial charge on any atom is -0.362 e. The van der Waals surface area contributed by atoms with Crippen LogP contribution >= 0.6 is 22.9 Å². The van der Waals surface area contributed by atoms with Gasteiger partial charge in [-0.15, -0.1) is 11.3 Å². The average Bonchev–Trinajstić information content (AvgIpc) is 3.14. The Labute approximate surface area is 129 Å². The van der Waals surface area contributed by atoms with Gasteiger partial charge in [-0.25, -0.2) is 0 Å². The zero-order valence-corrected chi connectivity index (χ0v) is 13.1. The van der Waals surface area contributed by atoms with Gasteiger partial charge in [-0.3, -0.25) is 0 Å². The van der Waals surface area contributed by atoms with Crippen molar-refractivity contribution < 1.29 is 0 Å². The van der Waals surface area contributed by atoms with Gasteiger partial charge >= 0.3 is 0 Å². The number of nitrogens with two attached hydrogens (primary N) is 1. The van der Waals surface area contributed by atoms with Crippen LogP contribution in [-0.2, 0) is 6.54 Å². The van der Waals surface area contributed by atoms with E-state index in [2.05, 4.69) is 34.5 Å². The van der Waals surface area contributed by atoms with Crippen molar-refractivity contribution in [1.82, 2.24) is 0 Å². The third kappa shape index (κ3) is 3.00. The normalized spacial score (nSPS) is 16.1. The molecule has 1 aliphatic rings. The molecule has 4 heteroatoms. The second kappa shape index (κ2) is 5.76. The predicted molar refractivity (Wildman–Crippen MR) is 87.6 cm³/mol. The summed E-state index contributed by atoms with van der Waals surface area (Å²) in [7, 11) is 0. The Morgan fingerprint density at radius 1 is 1.40 bits per heavy atom. The standard InChI is InChI=1S/C16H19ClN2S/c1-11(18)12-4-7-16(15(17)9-12)19(13-5-6-13)10-14-3-2-8-20-14/h2-4,7-9,11,13H,5-6,10,18H2,1H3/t11-/m1/s1. The molecular formula is C16H19ClN2S. The van der Waals surface area contributed by atoms with Crippen molar-refractivity contribution >= 4 is 28.6 Å². The molecule has 0 radical (unpaired) electrons. The molecule has 0 unspecified atom stereocenters. The third-order valence-electron chi connectivity index (χ3n) is 3.70. The molecule has 0 amide bonds. The summed E-state index contributed by atoms with van der Waals surface area (Å²) in [5, 5.41) is 2.93. The van der Waals surface area contributed by atoms with Gasteiger partial charge in [-0.1, -0.05) is 23.7 Å². The van der Waals surface area contributed by atoms with E-state index in [1.165, 1.54) is 17.7 Å². The maximum absolute atomic E-state index is 6.49. The van der Waals surface area contributed by atoms with Crippen molar-refractivity contribution in [2.45, 2.75) is 38.4 Å². The Hall–Kier alpha value is -1.03. The highest BCUT2D eigenvalue weighted by Crippen LogP contribution is 2.38. The summed E-state index contributed by atoms with van der Waals surface area (Å²) in [5.41, 5.74) is 8.14. The van der Waals surface area contributed by atoms with Crippen LogP contribution in [-0.4, -0.2) is 6.04 Å². The van der Waals surface area contributed by atoms with Gasteiger partial charge in [0.15, 0.2) is 0 Å². The molecular weight excluding hydrogens is 288 g/mol. The van der Waals surface area contributed by atoms with Gasteiger partial charge in [0.1, 0.15) is 0 Å². The fraction of sp³-hybridized carbons (Fsp3) is 0.375. The number of anilines is 1. The summed E-state index contributed by atoms with van der Waals surface area (Å²) < 4.78 is 0. The molecule has 0 bridgehead atoms. The van der Waals surface area contributed by atoms with E-state index in [1.807, 2.05) is 13.0 Å². The van der Waals surface area contributed by atoms with E-state index in [0.29, 0.717) is 6.04 Å². The van der Waals surface area contributed by atoms with E-state index >= 15 is 0 Å². The lowest BCUT2D eigenvalue weighted by atomic mass is 10.1. The van der Waals surface area contributed by atoms with Crippen LogP contribution in [0.4, 0.5) is 5.69 Å². The van der Waals surface area contributed by atoms with Crippen LogP contribution in [0.25, 0.3) is 0 Å². The first kappa shape index (κ1) is 13.9. The monoisotopic (exact) mass is 306 g/mol. The van der Waals surface area contributed by atoms with Gasteiger partial charge in [0.05, 0.1) is 17.3 Å². The van der Waals surface area contributed by atoms with Gasteiger partial charge in [-0.05, 0) is 48.9 Å². The molecule has 1 aliphatic carbocycles. The van der Waals surface area contributed by atoms with Gasteiger partial charge in [0, 0.05) is 17.0 Å². The SMILES string of the molecule is C[C@@H](N)c1ccc(N(Cc2cccs2)C2CC2)c(Cl)c1. The van der Waals surface area contributed by atoms with E-state index in [0.717, 1.165) is 22.8 Å². The van der Waals surface area contributed by atoms with Crippen molar-refractivity contribution in [3.63, 3.8) is 0 Å². The lowest BCUT2D eigenvalue weighted by Crippen LogP contribution is -2.25. The smallest absolute Gasteiger partial charge is 0.0643 e. The fourth-order valence-electron chi connectivity index (χ4n) is 2.41. The number of nitrogens with zero attached hydrogens (tertiary/aromatic N) is 1. The van der Waals surface area contributed by atoms with E-state index in [9.17, 15) is 0 Å². The van der Waals surface area contributed by atoms with E-state index < -0.39 is 0 Å². The minimum atomic E-state index is 0.0215. The lowest BCUT2D eigenvalue weighted by molar-refractivity contribution is 0.796. The van der Waals surface area contributed by atoms with E-state index in [-0.39, 0.29) is 6.04 Å². The Bertz CT molecular complexity index is 576. The lowest BCUT2D eigenvalue weighted by Gasteiger charge is -2.26. The molecule has 2 N–H and O–H groups in total. The Morgan fingerprint density at radius 2 is 2.20 bits per heavy atom. The second-order valence-electron chi connectivity index (χ2n) is 5.44. The average molecular weight is 307 g/mol. The third-order valence-corrected chi connectivity index (χ3v) is 4.86. The van der Waals surface area contributed by atoms with Crippen LogP contribution in [0.1, 0.15) is 36.2 Å². The molecule has 1 heterocycles. The number of rotatable bonds is 5. The Morgan fingerprint density at radius 3 is 2.75 bits per heavy atom. The van der Waals surface area contributed by atoms with Crippen molar-refractivity contribution in [1.29, 1.82) is 0 Å². The van der Waals surface area contributed by atoms with Gasteiger partial charge < -0.3 is 10.6 Å². The molecule has 2 nitrogen and oxygen atoms in total. The van der Waals surface area contributed by atoms with Gasteiger partial charge in [-0.2, -0.15) is 0 Å². The zero-order valence-electron chi connectivity index (χ0n) is 11.6. The molecule has 2 aromatic rings. The molecule has 1 aromatic heterocycles. The van der Waals surface area contributed by atoms with Crippen LogP contribution in [0.5, 0.6) is 0 Å². The summed E-state index contributed by atoms with van der Waals surface area (Å²) in [6, 6.07) is 11.2. The van der Waals surface area contributed by atoms with Crippen molar-refractivity contribution in [2.24, 2.45) is 5.73 Å². The summed E-state index contributed by atoms with van der Waals surface area (Å²) in [4.78, 5) is 3.81. The van der Waals surface area contributed by atoms with Gasteiger partial charge in [0.2, 0.25) is 0 Å². The molecule has 0 saturated heterocycles. The highest BCUT2D eigenvalue weighted by Gasteiger charge is 2.30. The largest absolute Gasteiger partial charge is 0.362 e. The number of halogens is 1. The first-order valence-corrected chi connectivity index (χ1v) is 8.25. The molecule has 1 saturated carbocycles. The van der Waals surface area contributed by atoms with E-state index in [4.69, 9.17) is 17.3 Å². The molecule has 1 atom stereocenters. The van der Waals surface area contributed by atoms with Crippen LogP contribution in [0.2, 0.25) is 5.02 Å². The van der Waals surface area contributed by atoms with Crippen molar-refractivity contribution in [3.8, 4) is 0 Å². The molecule has 1 fully saturated rings. The Balaban J connectivity index is 1.87. The molecule has 1 aromatic carbocycles. The first-order valence-electron chi connectivity index (χ1n) is 6.99. The second-order valence-corrected chi connectivity index (χ2v) is 6.88. The van der Waals surface area contributed by atoms with E-state index in [1.54, 1.807) is 11.3 Å². The number of hydrogen-bond acceptors (Lipinski definition) is 3. The van der Waals surface area contributed by atoms with Gasteiger partial charge in [0.25, 0.3) is 0 Å². The fourth-order valence-corrected chi connectivity index (χ4v) is 3.41. The maximum atomic E-state index is 6.49. The number of hydrogen-bond donors (Lipinski definition) is 1. The maximum Gasteiger partial charge on any atom is 0.0643 e. The number of benzene rings is 1. The summed E-state index contributed by atoms with van der Waals surface area (Å²) in [5.74, 6) is 0. The molecule has 20 heavy (non-hydrogen) atoms. The predicted octanol–water partition coefficient (Wildman–Crippen LogP) is 4.59. The Kier molecular flexibility index (Phi) is 4.01. The van der Waals surface area contributed by atoms with Crippen molar-refractivity contribution in [3.05, 3.63) is 51.2 Å². The van der Waals surface area contributed by atoms with Crippen molar-refractivity contribution in [2.75, 3.05) is 4.90 Å². The highest BCUT2D eigenvalue weighted by molar-refractivity contribution is 7.09. The molecule has 0 aliphatic heterocycles. The van der Waals surface area contributed by atoms with Crippen LogP contribution in [0, 0.1) is 0 Å². The molecule has 3 rings (SSSR count). The van der Waals surface area contributed by atoms with Crippen LogP contribution in [0.3, 0.4) is 0 Å². The van der Waals surface area contributed by atoms with Crippen LogP contribution in [0.15, 0.2) is 35.7 Å².